The van der Waals surface area contributed by atoms with Crippen molar-refractivity contribution in [2.75, 3.05) is 0 Å². The molecule has 2 N–H and O–H groups in total. The highest BCUT2D eigenvalue weighted by Gasteiger charge is 2.16. The summed E-state index contributed by atoms with van der Waals surface area (Å²) in [5.74, 6) is 0.340. The summed E-state index contributed by atoms with van der Waals surface area (Å²) in [6.07, 6.45) is 0.943. The number of benzene rings is 2. The molecular formula is C16H18ClN. The van der Waals surface area contributed by atoms with E-state index >= 15 is 0 Å². The van der Waals surface area contributed by atoms with Crippen LogP contribution in [0.4, 0.5) is 0 Å². The summed E-state index contributed by atoms with van der Waals surface area (Å²) in [6, 6.07) is 18.6. The molecule has 0 saturated carbocycles. The molecule has 2 aromatic carbocycles. The first kappa shape index (κ1) is 13.1. The molecule has 94 valence electrons. The summed E-state index contributed by atoms with van der Waals surface area (Å²) in [7, 11) is 0. The lowest BCUT2D eigenvalue weighted by Gasteiger charge is -2.21. The largest absolute Gasteiger partial charge is 0.327 e. The van der Waals surface area contributed by atoms with Crippen LogP contribution in [0.2, 0.25) is 5.02 Å². The van der Waals surface area contributed by atoms with Gasteiger partial charge in [0.25, 0.3) is 0 Å². The van der Waals surface area contributed by atoms with Gasteiger partial charge in [-0.1, -0.05) is 54.1 Å². The van der Waals surface area contributed by atoms with Crippen molar-refractivity contribution < 1.29 is 0 Å². The fourth-order valence-corrected chi connectivity index (χ4v) is 2.31. The number of hydrogen-bond donors (Lipinski definition) is 1. The molecule has 0 bridgehead atoms. The van der Waals surface area contributed by atoms with Gasteiger partial charge in [0.15, 0.2) is 0 Å². The average Bonchev–Trinajstić information content (AvgIpc) is 2.38. The third-order valence-corrected chi connectivity index (χ3v) is 3.48. The van der Waals surface area contributed by atoms with Crippen LogP contribution in [-0.2, 0) is 6.42 Å². The average molecular weight is 260 g/mol. The molecule has 0 heterocycles. The molecule has 1 nitrogen and oxygen atoms in total. The summed E-state index contributed by atoms with van der Waals surface area (Å²) in [5.41, 5.74) is 8.68. The molecule has 0 radical (unpaired) electrons. The van der Waals surface area contributed by atoms with E-state index in [1.54, 1.807) is 0 Å². The third kappa shape index (κ3) is 3.34. The van der Waals surface area contributed by atoms with E-state index in [0.717, 1.165) is 11.4 Å². The Kier molecular flexibility index (Phi) is 4.40. The molecule has 0 unspecified atom stereocenters. The Morgan fingerprint density at radius 3 is 2.17 bits per heavy atom. The van der Waals surface area contributed by atoms with Crippen LogP contribution in [0.1, 0.15) is 24.0 Å². The second-order valence-electron chi connectivity index (χ2n) is 4.71. The fraction of sp³-hybridized carbons (Fsp3) is 0.250. The first-order valence-corrected chi connectivity index (χ1v) is 6.59. The van der Waals surface area contributed by atoms with Crippen molar-refractivity contribution in [3.05, 3.63) is 70.7 Å². The molecule has 18 heavy (non-hydrogen) atoms. The van der Waals surface area contributed by atoms with Gasteiger partial charge < -0.3 is 5.73 Å². The van der Waals surface area contributed by atoms with Crippen LogP contribution >= 0.6 is 11.6 Å². The molecule has 2 atom stereocenters. The summed E-state index contributed by atoms with van der Waals surface area (Å²) >= 11 is 5.90. The van der Waals surface area contributed by atoms with Crippen molar-refractivity contribution in [2.24, 2.45) is 5.73 Å². The molecule has 2 heteroatoms. The third-order valence-electron chi connectivity index (χ3n) is 3.23. The Labute approximate surface area is 114 Å². The smallest absolute Gasteiger partial charge is 0.0406 e. The predicted molar refractivity (Wildman–Crippen MR) is 78.0 cm³/mol. The van der Waals surface area contributed by atoms with Gasteiger partial charge in [-0.3, -0.25) is 0 Å². The van der Waals surface area contributed by atoms with Crippen LogP contribution < -0.4 is 5.73 Å². The van der Waals surface area contributed by atoms with Crippen molar-refractivity contribution in [1.29, 1.82) is 0 Å². The Morgan fingerprint density at radius 2 is 1.61 bits per heavy atom. The summed E-state index contributed by atoms with van der Waals surface area (Å²) in [4.78, 5) is 0. The molecule has 2 aromatic rings. The Morgan fingerprint density at radius 1 is 1.00 bits per heavy atom. The predicted octanol–water partition coefficient (Wildman–Crippen LogP) is 4.01. The van der Waals surface area contributed by atoms with Crippen molar-refractivity contribution in [3.63, 3.8) is 0 Å². The SMILES string of the molecule is C[C@@H](N)[C@H](Cc1ccc(Cl)cc1)c1ccccc1. The van der Waals surface area contributed by atoms with E-state index in [2.05, 4.69) is 43.3 Å². The highest BCUT2D eigenvalue weighted by molar-refractivity contribution is 6.30. The number of nitrogens with two attached hydrogens (primary N) is 1. The van der Waals surface area contributed by atoms with Gasteiger partial charge in [0.2, 0.25) is 0 Å². The van der Waals surface area contributed by atoms with E-state index in [1.807, 2.05) is 18.2 Å². The van der Waals surface area contributed by atoms with Gasteiger partial charge in [-0.05, 0) is 36.6 Å². The van der Waals surface area contributed by atoms with Gasteiger partial charge in [-0.25, -0.2) is 0 Å². The minimum Gasteiger partial charge on any atom is -0.327 e. The minimum absolute atomic E-state index is 0.128. The molecule has 0 aromatic heterocycles. The summed E-state index contributed by atoms with van der Waals surface area (Å²) in [6.45, 7) is 2.06. The lowest BCUT2D eigenvalue weighted by Crippen LogP contribution is -2.26. The maximum atomic E-state index is 6.12. The maximum Gasteiger partial charge on any atom is 0.0406 e. The van der Waals surface area contributed by atoms with Crippen molar-refractivity contribution in [3.8, 4) is 0 Å². The summed E-state index contributed by atoms with van der Waals surface area (Å²) in [5, 5.41) is 0.774. The van der Waals surface area contributed by atoms with Gasteiger partial charge in [-0.15, -0.1) is 0 Å². The molecular weight excluding hydrogens is 242 g/mol. The van der Waals surface area contributed by atoms with Crippen LogP contribution in [0.3, 0.4) is 0 Å². The highest BCUT2D eigenvalue weighted by Crippen LogP contribution is 2.24. The second-order valence-corrected chi connectivity index (χ2v) is 5.14. The number of hydrogen-bond acceptors (Lipinski definition) is 1. The van der Waals surface area contributed by atoms with E-state index < -0.39 is 0 Å². The van der Waals surface area contributed by atoms with E-state index in [9.17, 15) is 0 Å². The first-order valence-electron chi connectivity index (χ1n) is 6.22. The molecule has 0 aliphatic carbocycles. The first-order chi connectivity index (χ1) is 8.66. The normalized spacial score (nSPS) is 14.2. The zero-order chi connectivity index (χ0) is 13.0. The topological polar surface area (TPSA) is 26.0 Å². The van der Waals surface area contributed by atoms with Crippen LogP contribution in [0.25, 0.3) is 0 Å². The zero-order valence-corrected chi connectivity index (χ0v) is 11.3. The Bertz CT molecular complexity index is 476. The molecule has 0 spiro atoms. The zero-order valence-electron chi connectivity index (χ0n) is 10.5. The van der Waals surface area contributed by atoms with Crippen molar-refractivity contribution >= 4 is 11.6 Å². The van der Waals surface area contributed by atoms with Crippen LogP contribution in [0.5, 0.6) is 0 Å². The minimum atomic E-state index is 0.128. The second kappa shape index (κ2) is 6.03. The maximum absolute atomic E-state index is 6.12. The number of halogens is 1. The van der Waals surface area contributed by atoms with Crippen molar-refractivity contribution in [2.45, 2.75) is 25.3 Å². The van der Waals surface area contributed by atoms with Crippen LogP contribution in [0, 0.1) is 0 Å². The lowest BCUT2D eigenvalue weighted by molar-refractivity contribution is 0.565. The van der Waals surface area contributed by atoms with E-state index in [1.165, 1.54) is 11.1 Å². The molecule has 0 amide bonds. The van der Waals surface area contributed by atoms with Gasteiger partial charge >= 0.3 is 0 Å². The quantitative estimate of drug-likeness (QED) is 0.882. The molecule has 0 fully saturated rings. The monoisotopic (exact) mass is 259 g/mol. The highest BCUT2D eigenvalue weighted by atomic mass is 35.5. The van der Waals surface area contributed by atoms with Gasteiger partial charge in [0.05, 0.1) is 0 Å². The Hall–Kier alpha value is -1.31. The van der Waals surface area contributed by atoms with Crippen LogP contribution in [0.15, 0.2) is 54.6 Å². The molecule has 0 saturated heterocycles. The van der Waals surface area contributed by atoms with Crippen LogP contribution in [-0.4, -0.2) is 6.04 Å². The van der Waals surface area contributed by atoms with Gasteiger partial charge in [0.1, 0.15) is 0 Å². The molecule has 0 aliphatic heterocycles. The number of rotatable bonds is 4. The van der Waals surface area contributed by atoms with Gasteiger partial charge in [-0.2, -0.15) is 0 Å². The van der Waals surface area contributed by atoms with Crippen molar-refractivity contribution in [1.82, 2.24) is 0 Å². The molecule has 0 aliphatic rings. The van der Waals surface area contributed by atoms with Gasteiger partial charge in [0, 0.05) is 17.0 Å². The fourth-order valence-electron chi connectivity index (χ4n) is 2.18. The standard InChI is InChI=1S/C16H18ClN/c1-12(18)16(14-5-3-2-4-6-14)11-13-7-9-15(17)10-8-13/h2-10,12,16H,11,18H2,1H3/t12-,16+/m1/s1. The van der Waals surface area contributed by atoms with E-state index in [-0.39, 0.29) is 6.04 Å². The van der Waals surface area contributed by atoms with E-state index in [0.29, 0.717) is 5.92 Å². The molecule has 2 rings (SSSR count). The van der Waals surface area contributed by atoms with E-state index in [4.69, 9.17) is 17.3 Å². The summed E-state index contributed by atoms with van der Waals surface area (Å²) < 4.78 is 0. The lowest BCUT2D eigenvalue weighted by atomic mass is 9.87. The Balaban J connectivity index is 2.19.